The van der Waals surface area contributed by atoms with Gasteiger partial charge in [0.1, 0.15) is 5.82 Å². The Morgan fingerprint density at radius 2 is 1.88 bits per heavy atom. The standard InChI is InChI=1S/C19H18N4O2/c24-19-23(16-7-3-4-8-17(16)25-19)10-9-22-11-13(12-22)18-20-14-5-1-2-6-15(14)21-18/h1-8,13H,9-12H2,(H,20,21). The number of aromatic amines is 1. The molecule has 0 spiro atoms. The highest BCUT2D eigenvalue weighted by atomic mass is 16.4. The van der Waals surface area contributed by atoms with Crippen molar-refractivity contribution in [2.45, 2.75) is 12.5 Å². The minimum Gasteiger partial charge on any atom is -0.408 e. The van der Waals surface area contributed by atoms with Crippen LogP contribution in [-0.4, -0.2) is 39.1 Å². The lowest BCUT2D eigenvalue weighted by Crippen LogP contribution is -2.47. The van der Waals surface area contributed by atoms with Gasteiger partial charge in [0.25, 0.3) is 0 Å². The van der Waals surface area contributed by atoms with Gasteiger partial charge in [0.05, 0.1) is 16.6 Å². The quantitative estimate of drug-likeness (QED) is 0.623. The predicted octanol–water partition coefficient (Wildman–Crippen LogP) is 2.57. The third kappa shape index (κ3) is 2.46. The van der Waals surface area contributed by atoms with E-state index in [4.69, 9.17) is 4.42 Å². The van der Waals surface area contributed by atoms with E-state index in [2.05, 4.69) is 20.9 Å². The lowest BCUT2D eigenvalue weighted by atomic mass is 10.00. The highest BCUT2D eigenvalue weighted by molar-refractivity contribution is 5.75. The largest absolute Gasteiger partial charge is 0.419 e. The van der Waals surface area contributed by atoms with Gasteiger partial charge in [-0.1, -0.05) is 24.3 Å². The van der Waals surface area contributed by atoms with Crippen LogP contribution in [0.4, 0.5) is 0 Å². The molecule has 0 atom stereocenters. The predicted molar refractivity (Wildman–Crippen MR) is 95.7 cm³/mol. The van der Waals surface area contributed by atoms with Crippen molar-refractivity contribution in [3.63, 3.8) is 0 Å². The number of hydrogen-bond acceptors (Lipinski definition) is 4. The zero-order valence-electron chi connectivity index (χ0n) is 13.7. The van der Waals surface area contributed by atoms with E-state index in [0.29, 0.717) is 18.0 Å². The van der Waals surface area contributed by atoms with Gasteiger partial charge in [-0.2, -0.15) is 0 Å². The Hall–Kier alpha value is -2.86. The molecule has 5 rings (SSSR count). The van der Waals surface area contributed by atoms with Crippen molar-refractivity contribution in [3.8, 4) is 0 Å². The Morgan fingerprint density at radius 1 is 1.08 bits per heavy atom. The van der Waals surface area contributed by atoms with Crippen LogP contribution >= 0.6 is 0 Å². The fraction of sp³-hybridized carbons (Fsp3) is 0.263. The lowest BCUT2D eigenvalue weighted by molar-refractivity contribution is 0.138. The summed E-state index contributed by atoms with van der Waals surface area (Å²) in [7, 11) is 0. The maximum Gasteiger partial charge on any atom is 0.419 e. The SMILES string of the molecule is O=c1oc2ccccc2n1CCN1CC(c2nc3ccccc3[nH]2)C1. The monoisotopic (exact) mass is 334 g/mol. The van der Waals surface area contributed by atoms with E-state index in [1.54, 1.807) is 4.57 Å². The molecule has 0 amide bonds. The first-order valence-electron chi connectivity index (χ1n) is 8.53. The molecule has 6 nitrogen and oxygen atoms in total. The topological polar surface area (TPSA) is 67.1 Å². The second-order valence-corrected chi connectivity index (χ2v) is 6.58. The Bertz CT molecular complexity index is 1070. The van der Waals surface area contributed by atoms with Crippen molar-refractivity contribution < 1.29 is 4.42 Å². The number of H-pyrrole nitrogens is 1. The van der Waals surface area contributed by atoms with Crippen molar-refractivity contribution in [1.29, 1.82) is 0 Å². The van der Waals surface area contributed by atoms with E-state index in [1.807, 2.05) is 42.5 Å². The van der Waals surface area contributed by atoms with Gasteiger partial charge in [-0.05, 0) is 24.3 Å². The maximum absolute atomic E-state index is 12.0. The van der Waals surface area contributed by atoms with E-state index >= 15 is 0 Å². The summed E-state index contributed by atoms with van der Waals surface area (Å²) in [4.78, 5) is 22.4. The number of fused-ring (bicyclic) bond motifs is 2. The number of likely N-dealkylation sites (tertiary alicyclic amines) is 1. The van der Waals surface area contributed by atoms with Crippen LogP contribution < -0.4 is 5.76 Å². The lowest BCUT2D eigenvalue weighted by Gasteiger charge is -2.38. The van der Waals surface area contributed by atoms with Crippen molar-refractivity contribution in [1.82, 2.24) is 19.4 Å². The summed E-state index contributed by atoms with van der Waals surface area (Å²) in [5.41, 5.74) is 3.62. The van der Waals surface area contributed by atoms with Crippen LogP contribution in [0.1, 0.15) is 11.7 Å². The molecule has 2 aromatic heterocycles. The van der Waals surface area contributed by atoms with Gasteiger partial charge in [-0.15, -0.1) is 0 Å². The van der Waals surface area contributed by atoms with Gasteiger partial charge in [0.2, 0.25) is 0 Å². The van der Waals surface area contributed by atoms with Crippen LogP contribution in [0.3, 0.4) is 0 Å². The van der Waals surface area contributed by atoms with Gasteiger partial charge in [0.15, 0.2) is 5.58 Å². The van der Waals surface area contributed by atoms with E-state index in [1.165, 1.54) is 0 Å². The summed E-state index contributed by atoms with van der Waals surface area (Å²) < 4.78 is 6.99. The number of para-hydroxylation sites is 4. The Labute approximate surface area is 143 Å². The van der Waals surface area contributed by atoms with Gasteiger partial charge in [-0.3, -0.25) is 4.57 Å². The molecule has 6 heteroatoms. The molecular formula is C19H18N4O2. The molecule has 0 bridgehead atoms. The number of imidazole rings is 1. The average molecular weight is 334 g/mol. The molecule has 0 saturated carbocycles. The fourth-order valence-electron chi connectivity index (χ4n) is 3.56. The van der Waals surface area contributed by atoms with Crippen LogP contribution in [0.2, 0.25) is 0 Å². The third-order valence-electron chi connectivity index (χ3n) is 4.97. The molecule has 0 aliphatic carbocycles. The number of nitrogens with one attached hydrogen (secondary N) is 1. The van der Waals surface area contributed by atoms with Crippen LogP contribution in [0.15, 0.2) is 57.7 Å². The summed E-state index contributed by atoms with van der Waals surface area (Å²) in [5, 5.41) is 0. The highest BCUT2D eigenvalue weighted by Gasteiger charge is 2.30. The van der Waals surface area contributed by atoms with E-state index in [-0.39, 0.29) is 5.76 Å². The second-order valence-electron chi connectivity index (χ2n) is 6.58. The molecule has 1 fully saturated rings. The number of hydrogen-bond donors (Lipinski definition) is 1. The molecule has 1 aliphatic heterocycles. The average Bonchev–Trinajstić information content (AvgIpc) is 3.14. The number of rotatable bonds is 4. The van der Waals surface area contributed by atoms with Crippen LogP contribution in [0.25, 0.3) is 22.1 Å². The molecule has 0 radical (unpaired) electrons. The zero-order valence-corrected chi connectivity index (χ0v) is 13.7. The van der Waals surface area contributed by atoms with Crippen LogP contribution in [0, 0.1) is 0 Å². The van der Waals surface area contributed by atoms with Crippen LogP contribution in [-0.2, 0) is 6.54 Å². The highest BCUT2D eigenvalue weighted by Crippen LogP contribution is 2.26. The number of aromatic nitrogens is 3. The molecule has 126 valence electrons. The Morgan fingerprint density at radius 3 is 2.76 bits per heavy atom. The maximum atomic E-state index is 12.0. The number of oxazole rings is 1. The molecule has 1 aliphatic rings. The molecule has 2 aromatic carbocycles. The van der Waals surface area contributed by atoms with Crippen molar-refractivity contribution in [3.05, 3.63) is 64.9 Å². The Kier molecular flexibility index (Phi) is 3.24. The molecule has 1 N–H and O–H groups in total. The molecule has 1 saturated heterocycles. The van der Waals surface area contributed by atoms with Crippen molar-refractivity contribution >= 4 is 22.1 Å². The normalized spacial score (nSPS) is 15.8. The van der Waals surface area contributed by atoms with Gasteiger partial charge in [0, 0.05) is 32.1 Å². The second kappa shape index (κ2) is 5.60. The minimum atomic E-state index is -0.282. The molecule has 3 heterocycles. The van der Waals surface area contributed by atoms with Gasteiger partial charge < -0.3 is 14.3 Å². The first kappa shape index (κ1) is 14.5. The molecule has 25 heavy (non-hydrogen) atoms. The Balaban J connectivity index is 1.25. The summed E-state index contributed by atoms with van der Waals surface area (Å²) in [5.74, 6) is 1.21. The minimum absolute atomic E-state index is 0.282. The molecule has 0 unspecified atom stereocenters. The smallest absolute Gasteiger partial charge is 0.408 e. The zero-order chi connectivity index (χ0) is 16.8. The third-order valence-corrected chi connectivity index (χ3v) is 4.97. The van der Waals surface area contributed by atoms with E-state index in [0.717, 1.165) is 42.0 Å². The summed E-state index contributed by atoms with van der Waals surface area (Å²) >= 11 is 0. The first-order valence-corrected chi connectivity index (χ1v) is 8.53. The molecular weight excluding hydrogens is 316 g/mol. The fourth-order valence-corrected chi connectivity index (χ4v) is 3.56. The van der Waals surface area contributed by atoms with Crippen molar-refractivity contribution in [2.24, 2.45) is 0 Å². The summed E-state index contributed by atoms with van der Waals surface area (Å²) in [6.45, 7) is 3.40. The van der Waals surface area contributed by atoms with E-state index in [9.17, 15) is 4.79 Å². The van der Waals surface area contributed by atoms with Gasteiger partial charge >= 0.3 is 5.76 Å². The number of benzene rings is 2. The number of nitrogens with zero attached hydrogens (tertiary/aromatic N) is 3. The van der Waals surface area contributed by atoms with E-state index < -0.39 is 0 Å². The van der Waals surface area contributed by atoms with Crippen molar-refractivity contribution in [2.75, 3.05) is 19.6 Å². The first-order chi connectivity index (χ1) is 12.3. The summed E-state index contributed by atoms with van der Waals surface area (Å²) in [6, 6.07) is 15.7. The molecule has 4 aromatic rings. The van der Waals surface area contributed by atoms with Gasteiger partial charge in [-0.25, -0.2) is 9.78 Å². The van der Waals surface area contributed by atoms with Crippen LogP contribution in [0.5, 0.6) is 0 Å². The summed E-state index contributed by atoms with van der Waals surface area (Å²) in [6.07, 6.45) is 0.